The quantitative estimate of drug-likeness (QED) is 0.827. The van der Waals surface area contributed by atoms with Gasteiger partial charge < -0.3 is 10.4 Å². The van der Waals surface area contributed by atoms with Crippen molar-refractivity contribution in [1.82, 2.24) is 10.2 Å². The summed E-state index contributed by atoms with van der Waals surface area (Å²) < 4.78 is 51.9. The van der Waals surface area contributed by atoms with E-state index in [0.717, 1.165) is 11.0 Å². The number of benzene rings is 1. The molecular weight excluding hydrogens is 332 g/mol. The van der Waals surface area contributed by atoms with Crippen LogP contribution in [0, 0.1) is 5.82 Å². The van der Waals surface area contributed by atoms with Crippen LogP contribution in [0.25, 0.3) is 0 Å². The van der Waals surface area contributed by atoms with E-state index in [9.17, 15) is 27.2 Å². The van der Waals surface area contributed by atoms with Crippen LogP contribution in [0.5, 0.6) is 0 Å². The van der Waals surface area contributed by atoms with Crippen LogP contribution < -0.4 is 5.32 Å². The number of likely N-dealkylation sites (tertiary alicyclic amines) is 1. The maximum Gasteiger partial charge on any atom is 0.419 e. The molecule has 24 heavy (non-hydrogen) atoms. The number of hydrogen-bond donors (Lipinski definition) is 2. The molecule has 0 aromatic heterocycles. The van der Waals surface area contributed by atoms with E-state index in [1.807, 2.05) is 0 Å². The van der Waals surface area contributed by atoms with Gasteiger partial charge in [-0.15, -0.1) is 0 Å². The molecule has 1 aromatic rings. The maximum absolute atomic E-state index is 13.4. The van der Waals surface area contributed by atoms with Crippen LogP contribution in [0.1, 0.15) is 30.4 Å². The van der Waals surface area contributed by atoms with Gasteiger partial charge in [-0.2, -0.15) is 13.2 Å². The summed E-state index contributed by atoms with van der Waals surface area (Å²) in [6.07, 6.45) is -4.84. The van der Waals surface area contributed by atoms with Crippen LogP contribution in [0.3, 0.4) is 0 Å². The van der Waals surface area contributed by atoms with Crippen molar-refractivity contribution < 1.29 is 32.3 Å². The van der Waals surface area contributed by atoms with Crippen molar-refractivity contribution in [3.05, 3.63) is 35.1 Å². The third-order valence-electron chi connectivity index (χ3n) is 4.50. The lowest BCUT2D eigenvalue weighted by atomic mass is 9.98. The SMILES string of the molecule is O=C(NC1(c2ccc(F)c(C(F)(F)F)c2)CC1)[C@@H]1CCN1C(=O)O. The summed E-state index contributed by atoms with van der Waals surface area (Å²) in [6.45, 7) is 0.245. The molecule has 1 heterocycles. The Morgan fingerprint density at radius 1 is 1.29 bits per heavy atom. The van der Waals surface area contributed by atoms with Gasteiger partial charge in [0, 0.05) is 6.54 Å². The Morgan fingerprint density at radius 2 is 1.96 bits per heavy atom. The molecule has 1 saturated heterocycles. The lowest BCUT2D eigenvalue weighted by molar-refractivity contribution is -0.140. The molecule has 0 spiro atoms. The summed E-state index contributed by atoms with van der Waals surface area (Å²) in [5.41, 5.74) is -2.19. The maximum atomic E-state index is 13.4. The van der Waals surface area contributed by atoms with Gasteiger partial charge in [0.15, 0.2) is 0 Å². The molecule has 1 atom stereocenters. The number of amides is 2. The fourth-order valence-corrected chi connectivity index (χ4v) is 2.86. The Bertz CT molecular complexity index is 700. The Labute approximate surface area is 134 Å². The zero-order chi connectivity index (χ0) is 17.7. The smallest absolute Gasteiger partial charge is 0.419 e. The number of nitrogens with one attached hydrogen (secondary N) is 1. The predicted molar refractivity (Wildman–Crippen MR) is 73.6 cm³/mol. The van der Waals surface area contributed by atoms with Crippen molar-refractivity contribution >= 4 is 12.0 Å². The molecule has 3 rings (SSSR count). The van der Waals surface area contributed by atoms with Crippen molar-refractivity contribution in [2.75, 3.05) is 6.54 Å². The fourth-order valence-electron chi connectivity index (χ4n) is 2.86. The lowest BCUT2D eigenvalue weighted by Crippen LogP contribution is -2.59. The summed E-state index contributed by atoms with van der Waals surface area (Å²) >= 11 is 0. The number of nitrogens with zero attached hydrogens (tertiary/aromatic N) is 1. The van der Waals surface area contributed by atoms with Crippen LogP contribution in [-0.4, -0.2) is 34.6 Å². The molecule has 130 valence electrons. The fraction of sp³-hybridized carbons (Fsp3) is 0.467. The summed E-state index contributed by atoms with van der Waals surface area (Å²) in [5.74, 6) is -1.91. The predicted octanol–water partition coefficient (Wildman–Crippen LogP) is 2.70. The molecule has 2 aliphatic rings. The molecule has 5 nitrogen and oxygen atoms in total. The first-order valence-corrected chi connectivity index (χ1v) is 7.33. The molecule has 1 aliphatic carbocycles. The molecule has 0 unspecified atom stereocenters. The zero-order valence-electron chi connectivity index (χ0n) is 12.4. The van der Waals surface area contributed by atoms with Gasteiger partial charge in [-0.25, -0.2) is 9.18 Å². The summed E-state index contributed by atoms with van der Waals surface area (Å²) in [5, 5.41) is 11.6. The van der Waals surface area contributed by atoms with Crippen molar-refractivity contribution in [3.63, 3.8) is 0 Å². The second kappa shape index (κ2) is 5.35. The highest BCUT2D eigenvalue weighted by Gasteiger charge is 2.49. The number of alkyl halides is 3. The van der Waals surface area contributed by atoms with Crippen LogP contribution >= 0.6 is 0 Å². The standard InChI is InChI=1S/C15H14F4N2O3/c16-10-2-1-8(7-9(10)15(17,18)19)14(4-5-14)20-12(22)11-3-6-21(11)13(23)24/h1-2,7,11H,3-6H2,(H,20,22)(H,23,24)/t11-/m0/s1. The first-order valence-electron chi connectivity index (χ1n) is 7.33. The van der Waals surface area contributed by atoms with Crippen LogP contribution in [0.2, 0.25) is 0 Å². The molecular formula is C15H14F4N2O3. The minimum atomic E-state index is -4.83. The van der Waals surface area contributed by atoms with Crippen molar-refractivity contribution in [3.8, 4) is 0 Å². The normalized spacial score (nSPS) is 21.8. The lowest BCUT2D eigenvalue weighted by Gasteiger charge is -2.38. The van der Waals surface area contributed by atoms with Crippen LogP contribution in [0.15, 0.2) is 18.2 Å². The number of hydrogen-bond acceptors (Lipinski definition) is 2. The number of carbonyl (C=O) groups is 2. The third kappa shape index (κ3) is 2.78. The molecule has 2 fully saturated rings. The minimum Gasteiger partial charge on any atom is -0.465 e. The summed E-state index contributed by atoms with van der Waals surface area (Å²) in [4.78, 5) is 24.1. The molecule has 0 radical (unpaired) electrons. The van der Waals surface area contributed by atoms with E-state index in [2.05, 4.69) is 5.32 Å². The first-order chi connectivity index (χ1) is 11.1. The highest BCUT2D eigenvalue weighted by molar-refractivity contribution is 5.87. The van der Waals surface area contributed by atoms with E-state index < -0.39 is 41.1 Å². The Balaban J connectivity index is 1.80. The monoisotopic (exact) mass is 346 g/mol. The Hall–Kier alpha value is -2.32. The van der Waals surface area contributed by atoms with Gasteiger partial charge in [0.05, 0.1) is 11.1 Å². The highest BCUT2D eigenvalue weighted by atomic mass is 19.4. The van der Waals surface area contributed by atoms with Crippen molar-refractivity contribution in [2.24, 2.45) is 0 Å². The number of halogens is 4. The average Bonchev–Trinajstić information content (AvgIpc) is 3.16. The van der Waals surface area contributed by atoms with Crippen molar-refractivity contribution in [1.29, 1.82) is 0 Å². The second-order valence-electron chi connectivity index (χ2n) is 6.04. The van der Waals surface area contributed by atoms with E-state index in [4.69, 9.17) is 5.11 Å². The molecule has 1 saturated carbocycles. The van der Waals surface area contributed by atoms with Gasteiger partial charge in [0.1, 0.15) is 11.9 Å². The van der Waals surface area contributed by atoms with Gasteiger partial charge in [0.25, 0.3) is 0 Å². The molecule has 9 heteroatoms. The molecule has 2 N–H and O–H groups in total. The first kappa shape index (κ1) is 16.5. The Kier molecular flexibility index (Phi) is 3.69. The van der Waals surface area contributed by atoms with Gasteiger partial charge in [-0.1, -0.05) is 6.07 Å². The van der Waals surface area contributed by atoms with E-state index in [1.165, 1.54) is 6.07 Å². The minimum absolute atomic E-state index is 0.172. The topological polar surface area (TPSA) is 69.6 Å². The van der Waals surface area contributed by atoms with E-state index in [-0.39, 0.29) is 12.1 Å². The molecule has 0 bridgehead atoms. The van der Waals surface area contributed by atoms with Gasteiger partial charge in [-0.05, 0) is 37.0 Å². The highest BCUT2D eigenvalue weighted by Crippen LogP contribution is 2.47. The summed E-state index contributed by atoms with van der Waals surface area (Å²) in [7, 11) is 0. The van der Waals surface area contributed by atoms with E-state index >= 15 is 0 Å². The Morgan fingerprint density at radius 3 is 2.42 bits per heavy atom. The van der Waals surface area contributed by atoms with Crippen LogP contribution in [-0.2, 0) is 16.5 Å². The zero-order valence-corrected chi connectivity index (χ0v) is 12.4. The van der Waals surface area contributed by atoms with Gasteiger partial charge in [-0.3, -0.25) is 9.69 Å². The number of rotatable bonds is 3. The number of carboxylic acid groups (broad SMARTS) is 1. The largest absolute Gasteiger partial charge is 0.465 e. The molecule has 2 amide bonds. The van der Waals surface area contributed by atoms with Gasteiger partial charge >= 0.3 is 12.3 Å². The van der Waals surface area contributed by atoms with Crippen LogP contribution in [0.4, 0.5) is 22.4 Å². The van der Waals surface area contributed by atoms with E-state index in [0.29, 0.717) is 25.3 Å². The van der Waals surface area contributed by atoms with Gasteiger partial charge in [0.2, 0.25) is 5.91 Å². The second-order valence-corrected chi connectivity index (χ2v) is 6.04. The summed E-state index contributed by atoms with van der Waals surface area (Å²) in [6, 6.07) is 1.82. The average molecular weight is 346 g/mol. The molecule has 1 aliphatic heterocycles. The third-order valence-corrected chi connectivity index (χ3v) is 4.50. The van der Waals surface area contributed by atoms with Crippen molar-refractivity contribution in [2.45, 2.75) is 37.0 Å². The van der Waals surface area contributed by atoms with E-state index in [1.54, 1.807) is 0 Å². The number of carbonyl (C=O) groups excluding carboxylic acids is 1. The molecule has 1 aromatic carbocycles.